The molecule has 3 heterocycles. The van der Waals surface area contributed by atoms with Crippen molar-refractivity contribution in [2.24, 2.45) is 23.7 Å². The quantitative estimate of drug-likeness (QED) is 0.468. The number of methoxy groups -OCH3 is 1. The van der Waals surface area contributed by atoms with Crippen molar-refractivity contribution < 1.29 is 33.6 Å². The Bertz CT molecular complexity index is 968. The number of hydrogen-bond donors (Lipinski definition) is 2. The number of fused-ring (bicyclic) bond motifs is 1. The van der Waals surface area contributed by atoms with Gasteiger partial charge in [0.25, 0.3) is 0 Å². The minimum atomic E-state index is -0.703. The SMILES string of the molecule is CO[C@H]1C[C@H]2C=C[C@@H]3C[C@]2(O[C@H]3[C@H](OC(=O)c2ccc[nH]2)[C@H](C)[C@H](C)O)/C(C)=C/[C@@H](C)COC1=O. The van der Waals surface area contributed by atoms with Crippen molar-refractivity contribution in [1.82, 2.24) is 4.98 Å². The van der Waals surface area contributed by atoms with Crippen molar-refractivity contribution in [2.45, 2.75) is 70.6 Å². The van der Waals surface area contributed by atoms with Gasteiger partial charge in [-0.2, -0.15) is 0 Å². The zero-order valence-electron chi connectivity index (χ0n) is 21.1. The Hall–Kier alpha value is -2.42. The van der Waals surface area contributed by atoms with Crippen LogP contribution in [0.15, 0.2) is 42.1 Å². The van der Waals surface area contributed by atoms with Crippen molar-refractivity contribution in [3.05, 3.63) is 47.8 Å². The number of rotatable bonds is 6. The third-order valence-corrected chi connectivity index (χ3v) is 7.87. The van der Waals surface area contributed by atoms with Crippen molar-refractivity contribution >= 4 is 11.9 Å². The molecule has 1 saturated heterocycles. The molecule has 8 heteroatoms. The number of aromatic nitrogens is 1. The maximum atomic E-state index is 12.9. The molecule has 4 rings (SSSR count). The molecule has 1 aromatic rings. The topological polar surface area (TPSA) is 107 Å². The summed E-state index contributed by atoms with van der Waals surface area (Å²) in [5, 5.41) is 10.4. The predicted molar refractivity (Wildman–Crippen MR) is 128 cm³/mol. The highest BCUT2D eigenvalue weighted by Crippen LogP contribution is 2.53. The van der Waals surface area contributed by atoms with E-state index >= 15 is 0 Å². The van der Waals surface area contributed by atoms with Gasteiger partial charge in [-0.3, -0.25) is 0 Å². The second-order valence-corrected chi connectivity index (χ2v) is 10.3. The maximum absolute atomic E-state index is 12.9. The lowest BCUT2D eigenvalue weighted by Crippen LogP contribution is -2.46. The Morgan fingerprint density at radius 1 is 1.31 bits per heavy atom. The molecule has 8 nitrogen and oxygen atoms in total. The van der Waals surface area contributed by atoms with Gasteiger partial charge in [-0.25, -0.2) is 9.59 Å². The molecule has 1 aliphatic carbocycles. The van der Waals surface area contributed by atoms with Crippen LogP contribution in [0.3, 0.4) is 0 Å². The summed E-state index contributed by atoms with van der Waals surface area (Å²) in [7, 11) is 1.52. The van der Waals surface area contributed by atoms with Gasteiger partial charge in [0.15, 0.2) is 6.10 Å². The second kappa shape index (κ2) is 10.3. The Labute approximate surface area is 206 Å². The number of ether oxygens (including phenoxy) is 4. The first-order chi connectivity index (χ1) is 16.7. The Morgan fingerprint density at radius 2 is 2.09 bits per heavy atom. The lowest BCUT2D eigenvalue weighted by atomic mass is 9.70. The summed E-state index contributed by atoms with van der Waals surface area (Å²) in [5.74, 6) is -1.33. The van der Waals surface area contributed by atoms with E-state index in [-0.39, 0.29) is 36.2 Å². The van der Waals surface area contributed by atoms with Crippen LogP contribution in [-0.2, 0) is 23.7 Å². The number of hydrogen-bond acceptors (Lipinski definition) is 7. The highest BCUT2D eigenvalue weighted by molar-refractivity contribution is 5.87. The molecule has 1 aromatic heterocycles. The minimum Gasteiger partial charge on any atom is -0.463 e. The minimum absolute atomic E-state index is 0.00878. The second-order valence-electron chi connectivity index (χ2n) is 10.3. The van der Waals surface area contributed by atoms with Crippen LogP contribution >= 0.6 is 0 Å². The highest BCUT2D eigenvalue weighted by Gasteiger charge is 2.57. The standard InChI is InChI=1S/C27H37NO7/c1-15-11-16(2)27-13-19(8-9-20(27)12-22(32-5)26(31)33-14-15)24(35-27)23(17(3)18(4)29)34-25(30)21-7-6-10-28-21/h6-11,15,17-20,22-24,28-29H,12-14H2,1-5H3/b16-11+/t15-,17-,18+,19-,20-,22+,23-,24-,27+/m1/s1. The van der Waals surface area contributed by atoms with E-state index in [1.54, 1.807) is 25.3 Å². The van der Waals surface area contributed by atoms with E-state index in [2.05, 4.69) is 30.1 Å². The summed E-state index contributed by atoms with van der Waals surface area (Å²) in [6.07, 6.45) is 6.59. The fourth-order valence-electron chi connectivity index (χ4n) is 5.65. The van der Waals surface area contributed by atoms with Gasteiger partial charge in [0.1, 0.15) is 17.9 Å². The summed E-state index contributed by atoms with van der Waals surface area (Å²) in [6.45, 7) is 7.91. The average molecular weight is 488 g/mol. The molecule has 3 aliphatic rings. The van der Waals surface area contributed by atoms with Gasteiger partial charge in [0.2, 0.25) is 0 Å². The Kier molecular flexibility index (Phi) is 7.54. The number of carbonyl (C=O) groups excluding carboxylic acids is 2. The van der Waals surface area contributed by atoms with Crippen LogP contribution in [0.2, 0.25) is 0 Å². The predicted octanol–water partition coefficient (Wildman–Crippen LogP) is 3.43. The van der Waals surface area contributed by atoms with E-state index in [0.29, 0.717) is 18.5 Å². The smallest absolute Gasteiger partial charge is 0.355 e. The molecule has 0 aromatic carbocycles. The Morgan fingerprint density at radius 3 is 2.74 bits per heavy atom. The molecule has 9 atom stereocenters. The molecule has 0 unspecified atom stereocenters. The fraction of sp³-hybridized carbons (Fsp3) is 0.630. The van der Waals surface area contributed by atoms with Crippen LogP contribution in [0.25, 0.3) is 0 Å². The van der Waals surface area contributed by atoms with Crippen molar-refractivity contribution in [3.8, 4) is 0 Å². The van der Waals surface area contributed by atoms with E-state index in [1.165, 1.54) is 7.11 Å². The number of nitrogens with one attached hydrogen (secondary N) is 1. The maximum Gasteiger partial charge on any atom is 0.355 e. The summed E-state index contributed by atoms with van der Waals surface area (Å²) in [4.78, 5) is 28.4. The van der Waals surface area contributed by atoms with Crippen LogP contribution in [-0.4, -0.2) is 65.8 Å². The fourth-order valence-corrected chi connectivity index (χ4v) is 5.65. The van der Waals surface area contributed by atoms with Gasteiger partial charge in [0, 0.05) is 37.0 Å². The molecule has 2 bridgehead atoms. The summed E-state index contributed by atoms with van der Waals surface area (Å²) < 4.78 is 23.9. The lowest BCUT2D eigenvalue weighted by Gasteiger charge is -2.40. The lowest BCUT2D eigenvalue weighted by molar-refractivity contribution is -0.160. The molecule has 2 N–H and O–H groups in total. The third-order valence-electron chi connectivity index (χ3n) is 7.87. The van der Waals surface area contributed by atoms with E-state index in [1.807, 2.05) is 13.8 Å². The summed E-state index contributed by atoms with van der Waals surface area (Å²) >= 11 is 0. The van der Waals surface area contributed by atoms with E-state index in [0.717, 1.165) is 5.57 Å². The van der Waals surface area contributed by atoms with Crippen LogP contribution < -0.4 is 0 Å². The number of H-pyrrole nitrogens is 1. The van der Waals surface area contributed by atoms with Crippen molar-refractivity contribution in [1.29, 1.82) is 0 Å². The third kappa shape index (κ3) is 4.97. The van der Waals surface area contributed by atoms with E-state index in [4.69, 9.17) is 18.9 Å². The van der Waals surface area contributed by atoms with Gasteiger partial charge >= 0.3 is 11.9 Å². The summed E-state index contributed by atoms with van der Waals surface area (Å²) in [5.41, 5.74) is 0.756. The monoisotopic (exact) mass is 487 g/mol. The number of aliphatic hydroxyl groups excluding tert-OH is 1. The summed E-state index contributed by atoms with van der Waals surface area (Å²) in [6, 6.07) is 3.40. The Balaban J connectivity index is 1.69. The normalized spacial score (nSPS) is 36.8. The molecule has 0 radical (unpaired) electrons. The first kappa shape index (κ1) is 25.7. The molecule has 192 valence electrons. The van der Waals surface area contributed by atoms with Gasteiger partial charge in [-0.15, -0.1) is 0 Å². The van der Waals surface area contributed by atoms with Crippen LogP contribution in [0, 0.1) is 23.7 Å². The molecule has 1 fully saturated rings. The van der Waals surface area contributed by atoms with E-state index in [9.17, 15) is 14.7 Å². The van der Waals surface area contributed by atoms with Gasteiger partial charge in [-0.1, -0.05) is 32.1 Å². The number of aliphatic hydroxyl groups is 1. The number of aromatic amines is 1. The van der Waals surface area contributed by atoms with Crippen LogP contribution in [0.5, 0.6) is 0 Å². The molecule has 0 saturated carbocycles. The first-order valence-electron chi connectivity index (χ1n) is 12.4. The molecule has 2 aliphatic heterocycles. The largest absolute Gasteiger partial charge is 0.463 e. The average Bonchev–Trinajstić information content (AvgIpc) is 3.47. The van der Waals surface area contributed by atoms with Gasteiger partial charge in [0.05, 0.1) is 18.3 Å². The molecule has 1 spiro atoms. The molecule has 35 heavy (non-hydrogen) atoms. The van der Waals surface area contributed by atoms with Crippen LogP contribution in [0.1, 0.15) is 51.0 Å². The van der Waals surface area contributed by atoms with E-state index < -0.39 is 36.0 Å². The zero-order valence-corrected chi connectivity index (χ0v) is 21.1. The molecule has 0 amide bonds. The van der Waals surface area contributed by atoms with Gasteiger partial charge < -0.3 is 29.0 Å². The van der Waals surface area contributed by atoms with Crippen molar-refractivity contribution in [3.63, 3.8) is 0 Å². The molecular formula is C27H37NO7. The highest BCUT2D eigenvalue weighted by atomic mass is 16.6. The number of esters is 2. The number of carbonyl (C=O) groups is 2. The first-order valence-corrected chi connectivity index (χ1v) is 12.4. The zero-order chi connectivity index (χ0) is 25.3. The number of cyclic esters (lactones) is 1. The van der Waals surface area contributed by atoms with Gasteiger partial charge in [-0.05, 0) is 44.4 Å². The van der Waals surface area contributed by atoms with Crippen LogP contribution in [0.4, 0.5) is 0 Å². The molecular weight excluding hydrogens is 450 g/mol. The van der Waals surface area contributed by atoms with Crippen molar-refractivity contribution in [2.75, 3.05) is 13.7 Å².